The number of hydrogen-bond donors (Lipinski definition) is 2. The summed E-state index contributed by atoms with van der Waals surface area (Å²) >= 11 is 12.9. The van der Waals surface area contributed by atoms with E-state index in [1.54, 1.807) is 24.3 Å². The van der Waals surface area contributed by atoms with Crippen molar-refractivity contribution >= 4 is 40.6 Å². The van der Waals surface area contributed by atoms with Crippen LogP contribution in [0.4, 0.5) is 5.82 Å². The van der Waals surface area contributed by atoms with Gasteiger partial charge in [0.15, 0.2) is 11.4 Å². The highest BCUT2D eigenvalue weighted by atomic mass is 35.5. The van der Waals surface area contributed by atoms with Crippen LogP contribution in [0.3, 0.4) is 0 Å². The fourth-order valence-corrected chi connectivity index (χ4v) is 6.49. The molecule has 0 bridgehead atoms. The summed E-state index contributed by atoms with van der Waals surface area (Å²) in [5, 5.41) is 0.693. The summed E-state index contributed by atoms with van der Waals surface area (Å²) in [6.45, 7) is 15.4. The van der Waals surface area contributed by atoms with Crippen LogP contribution < -0.4 is 16.0 Å². The predicted octanol–water partition coefficient (Wildman–Crippen LogP) is 7.46. The van der Waals surface area contributed by atoms with Gasteiger partial charge in [-0.3, -0.25) is 9.59 Å². The van der Waals surface area contributed by atoms with Gasteiger partial charge in [0.25, 0.3) is 5.56 Å². The number of nitrogens with one attached hydrogen (secondary N) is 1. The van der Waals surface area contributed by atoms with Crippen molar-refractivity contribution in [3.05, 3.63) is 50.9 Å². The standard InChI is InChI=1S/C29H37Cl2N3O3/c1-15-12-18(28(2,3)4)23(19(13-15)29(5,6)7)27(36)37-24-22(16-8-10-17(30)11-9-16)25(31)34-21(35)14-20(32)33-26(24)34/h8-11,14-15,18-19,23,33H,12-13,32H2,1-7H3. The predicted molar refractivity (Wildman–Crippen MR) is 151 cm³/mol. The van der Waals surface area contributed by atoms with Gasteiger partial charge >= 0.3 is 5.97 Å². The molecule has 2 unspecified atom stereocenters. The second-order valence-corrected chi connectivity index (χ2v) is 13.5. The average Bonchev–Trinajstić information content (AvgIpc) is 3.03. The van der Waals surface area contributed by atoms with E-state index in [1.165, 1.54) is 10.5 Å². The van der Waals surface area contributed by atoms with Crippen molar-refractivity contribution in [3.8, 4) is 16.9 Å². The number of carbonyl (C=O) groups excluding carboxylic acids is 1. The number of anilines is 1. The van der Waals surface area contributed by atoms with Crippen molar-refractivity contribution in [2.45, 2.75) is 61.3 Å². The molecular formula is C29H37Cl2N3O3. The maximum atomic E-state index is 14.2. The molecule has 2 heterocycles. The number of rotatable bonds is 3. The number of halogens is 2. The van der Waals surface area contributed by atoms with E-state index in [0.29, 0.717) is 22.1 Å². The minimum absolute atomic E-state index is 0.0971. The fourth-order valence-electron chi connectivity index (χ4n) is 6.00. The normalized spacial score (nSPS) is 22.8. The van der Waals surface area contributed by atoms with Gasteiger partial charge < -0.3 is 15.5 Å². The maximum absolute atomic E-state index is 14.2. The molecule has 1 aliphatic carbocycles. The largest absolute Gasteiger partial charge is 0.422 e. The summed E-state index contributed by atoms with van der Waals surface area (Å²) in [6, 6.07) is 8.28. The number of H-pyrrole nitrogens is 1. The summed E-state index contributed by atoms with van der Waals surface area (Å²) < 4.78 is 7.58. The number of nitrogens with two attached hydrogens (primary N) is 1. The van der Waals surface area contributed by atoms with Crippen molar-refractivity contribution in [2.75, 3.05) is 5.73 Å². The number of aromatic nitrogens is 2. The minimum atomic E-state index is -0.416. The molecule has 0 spiro atoms. The van der Waals surface area contributed by atoms with Crippen LogP contribution in [-0.2, 0) is 4.79 Å². The number of nitrogen functional groups attached to an aromatic ring is 1. The van der Waals surface area contributed by atoms with E-state index in [2.05, 4.69) is 53.5 Å². The van der Waals surface area contributed by atoms with E-state index < -0.39 is 5.56 Å². The first kappa shape index (κ1) is 27.6. The molecule has 1 aliphatic rings. The van der Waals surface area contributed by atoms with Gasteiger partial charge in [0, 0.05) is 11.1 Å². The number of carbonyl (C=O) groups is 1. The van der Waals surface area contributed by atoms with Crippen molar-refractivity contribution in [2.24, 2.45) is 34.5 Å². The molecule has 2 atom stereocenters. The van der Waals surface area contributed by atoms with Crippen LogP contribution in [0.2, 0.25) is 10.2 Å². The van der Waals surface area contributed by atoms with Crippen LogP contribution in [-0.4, -0.2) is 15.4 Å². The highest BCUT2D eigenvalue weighted by Crippen LogP contribution is 2.53. The molecule has 6 nitrogen and oxygen atoms in total. The van der Waals surface area contributed by atoms with Crippen LogP contribution in [0.5, 0.6) is 5.75 Å². The van der Waals surface area contributed by atoms with Crippen LogP contribution in [0.15, 0.2) is 35.1 Å². The van der Waals surface area contributed by atoms with Crippen molar-refractivity contribution < 1.29 is 9.53 Å². The van der Waals surface area contributed by atoms with Gasteiger partial charge in [0.05, 0.1) is 11.5 Å². The summed E-state index contributed by atoms with van der Waals surface area (Å²) in [7, 11) is 0. The minimum Gasteiger partial charge on any atom is -0.422 e. The fraction of sp³-hybridized carbons (Fsp3) is 0.517. The van der Waals surface area contributed by atoms with Crippen LogP contribution in [0, 0.1) is 34.5 Å². The molecule has 4 rings (SSSR count). The molecule has 0 saturated heterocycles. The number of aromatic amines is 1. The SMILES string of the molecule is CC1CC(C(C)(C)C)C(C(=O)Oc2c(-c3ccc(Cl)cc3)c(Cl)n3c(=O)cc(N)[nH]c23)C(C(C)(C)C)C1. The molecule has 0 radical (unpaired) electrons. The Kier molecular flexibility index (Phi) is 7.23. The Bertz CT molecular complexity index is 1350. The Morgan fingerprint density at radius 3 is 2.08 bits per heavy atom. The Balaban J connectivity index is 1.90. The third-order valence-corrected chi connectivity index (χ3v) is 8.45. The third kappa shape index (κ3) is 5.28. The van der Waals surface area contributed by atoms with E-state index in [0.717, 1.165) is 12.8 Å². The molecule has 1 fully saturated rings. The lowest BCUT2D eigenvalue weighted by Gasteiger charge is -2.49. The highest BCUT2D eigenvalue weighted by Gasteiger charge is 2.50. The number of esters is 1. The molecule has 1 saturated carbocycles. The molecule has 37 heavy (non-hydrogen) atoms. The van der Waals surface area contributed by atoms with Gasteiger partial charge in [-0.15, -0.1) is 0 Å². The molecule has 3 aromatic rings. The smallest absolute Gasteiger partial charge is 0.315 e. The number of nitrogens with zero attached hydrogens (tertiary/aromatic N) is 1. The molecule has 3 N–H and O–H groups in total. The number of ether oxygens (including phenoxy) is 1. The average molecular weight is 547 g/mol. The Hall–Kier alpha value is -2.44. The first-order valence-electron chi connectivity index (χ1n) is 12.8. The Morgan fingerprint density at radius 2 is 1.57 bits per heavy atom. The number of fused-ring (bicyclic) bond motifs is 1. The first-order valence-corrected chi connectivity index (χ1v) is 13.6. The summed E-state index contributed by atoms with van der Waals surface area (Å²) in [4.78, 5) is 30.1. The van der Waals surface area contributed by atoms with E-state index in [4.69, 9.17) is 33.7 Å². The summed E-state index contributed by atoms with van der Waals surface area (Å²) in [5.41, 5.74) is 6.74. The molecular weight excluding hydrogens is 509 g/mol. The lowest BCUT2D eigenvalue weighted by molar-refractivity contribution is -0.152. The topological polar surface area (TPSA) is 89.6 Å². The monoisotopic (exact) mass is 545 g/mol. The van der Waals surface area contributed by atoms with Crippen LogP contribution in [0.1, 0.15) is 61.3 Å². The van der Waals surface area contributed by atoms with E-state index in [-0.39, 0.29) is 56.9 Å². The van der Waals surface area contributed by atoms with Gasteiger partial charge in [0.1, 0.15) is 11.0 Å². The summed E-state index contributed by atoms with van der Waals surface area (Å²) in [6.07, 6.45) is 1.89. The molecule has 8 heteroatoms. The number of benzene rings is 1. The summed E-state index contributed by atoms with van der Waals surface area (Å²) in [5.74, 6) is 0.466. The van der Waals surface area contributed by atoms with Gasteiger partial charge in [-0.05, 0) is 59.1 Å². The number of hydrogen-bond acceptors (Lipinski definition) is 4. The second kappa shape index (κ2) is 9.70. The lowest BCUT2D eigenvalue weighted by atomic mass is 9.55. The van der Waals surface area contributed by atoms with E-state index in [9.17, 15) is 9.59 Å². The van der Waals surface area contributed by atoms with Crippen LogP contribution >= 0.6 is 23.2 Å². The third-order valence-electron chi connectivity index (χ3n) is 7.84. The van der Waals surface area contributed by atoms with Gasteiger partial charge in [-0.2, -0.15) is 0 Å². The van der Waals surface area contributed by atoms with Crippen molar-refractivity contribution in [1.29, 1.82) is 0 Å². The molecule has 0 amide bonds. The van der Waals surface area contributed by atoms with Gasteiger partial charge in [0.2, 0.25) is 0 Å². The Morgan fingerprint density at radius 1 is 1.03 bits per heavy atom. The van der Waals surface area contributed by atoms with Gasteiger partial charge in [-0.1, -0.05) is 83.8 Å². The van der Waals surface area contributed by atoms with Gasteiger partial charge in [-0.25, -0.2) is 4.40 Å². The van der Waals surface area contributed by atoms with E-state index in [1.807, 2.05) is 0 Å². The first-order chi connectivity index (χ1) is 17.1. The molecule has 200 valence electrons. The second-order valence-electron chi connectivity index (χ2n) is 12.7. The highest BCUT2D eigenvalue weighted by molar-refractivity contribution is 6.34. The zero-order valence-corrected chi connectivity index (χ0v) is 24.1. The lowest BCUT2D eigenvalue weighted by Crippen LogP contribution is -2.48. The Labute approximate surface area is 228 Å². The maximum Gasteiger partial charge on any atom is 0.315 e. The zero-order valence-electron chi connectivity index (χ0n) is 22.6. The molecule has 0 aliphatic heterocycles. The van der Waals surface area contributed by atoms with E-state index >= 15 is 0 Å². The quantitative estimate of drug-likeness (QED) is 0.334. The van der Waals surface area contributed by atoms with Crippen LogP contribution in [0.25, 0.3) is 16.8 Å². The molecule has 1 aromatic carbocycles. The van der Waals surface area contributed by atoms with Crippen molar-refractivity contribution in [1.82, 2.24) is 9.38 Å². The van der Waals surface area contributed by atoms with Crippen molar-refractivity contribution in [3.63, 3.8) is 0 Å². The molecule has 2 aromatic heterocycles. The zero-order chi connectivity index (χ0) is 27.4.